The topological polar surface area (TPSA) is 110 Å². The van der Waals surface area contributed by atoms with Crippen molar-refractivity contribution in [3.05, 3.63) is 45.8 Å². The molecule has 2 heterocycles. The van der Waals surface area contributed by atoms with E-state index in [2.05, 4.69) is 5.16 Å². The van der Waals surface area contributed by atoms with Crippen molar-refractivity contribution in [1.82, 2.24) is 9.46 Å². The van der Waals surface area contributed by atoms with Crippen LogP contribution in [0.4, 0.5) is 11.4 Å². The Bertz CT molecular complexity index is 972. The minimum Gasteiger partial charge on any atom is -0.363 e. The largest absolute Gasteiger partial charge is 0.363 e. The maximum Gasteiger partial charge on any atom is 0.293 e. The van der Waals surface area contributed by atoms with Crippen LogP contribution in [0.15, 0.2) is 33.7 Å². The van der Waals surface area contributed by atoms with E-state index >= 15 is 0 Å². The molecule has 1 aliphatic rings. The molecule has 1 fully saturated rings. The van der Waals surface area contributed by atoms with Crippen LogP contribution in [-0.4, -0.2) is 42.9 Å². The molecule has 0 aliphatic carbocycles. The van der Waals surface area contributed by atoms with Crippen LogP contribution in [0.1, 0.15) is 31.2 Å². The second kappa shape index (κ2) is 7.88. The summed E-state index contributed by atoms with van der Waals surface area (Å²) in [7, 11) is -2.08. The van der Waals surface area contributed by atoms with Crippen molar-refractivity contribution in [3.63, 3.8) is 0 Å². The Balaban J connectivity index is 1.91. The highest BCUT2D eigenvalue weighted by molar-refractivity contribution is 7.89. The average Bonchev–Trinajstić information content (AvgIpc) is 3.05. The number of benzene rings is 1. The number of hydrogen-bond acceptors (Lipinski definition) is 7. The van der Waals surface area contributed by atoms with Crippen LogP contribution in [0.3, 0.4) is 0 Å². The predicted molar refractivity (Wildman–Crippen MR) is 104 cm³/mol. The van der Waals surface area contributed by atoms with Crippen LogP contribution in [0.2, 0.25) is 0 Å². The molecule has 0 saturated carbocycles. The van der Waals surface area contributed by atoms with Gasteiger partial charge >= 0.3 is 0 Å². The molecule has 0 N–H and O–H groups in total. The highest BCUT2D eigenvalue weighted by Crippen LogP contribution is 2.33. The Morgan fingerprint density at radius 3 is 2.75 bits per heavy atom. The van der Waals surface area contributed by atoms with Gasteiger partial charge < -0.3 is 9.42 Å². The number of piperidine rings is 1. The van der Waals surface area contributed by atoms with Crippen LogP contribution in [0.25, 0.3) is 0 Å². The lowest BCUT2D eigenvalue weighted by molar-refractivity contribution is -0.384. The molecule has 0 amide bonds. The van der Waals surface area contributed by atoms with Crippen molar-refractivity contribution >= 4 is 21.4 Å². The summed E-state index contributed by atoms with van der Waals surface area (Å²) in [5, 5.41) is 15.5. The molecule has 2 aromatic rings. The van der Waals surface area contributed by atoms with Crippen molar-refractivity contribution < 1.29 is 17.9 Å². The maximum absolute atomic E-state index is 12.9. The van der Waals surface area contributed by atoms with Crippen LogP contribution in [0.5, 0.6) is 0 Å². The van der Waals surface area contributed by atoms with Crippen molar-refractivity contribution in [2.45, 2.75) is 38.1 Å². The highest BCUT2D eigenvalue weighted by Gasteiger charge is 2.31. The Hall–Kier alpha value is -2.46. The number of aryl methyl sites for hydroxylation is 1. The number of nitro benzene ring substituents is 1. The van der Waals surface area contributed by atoms with E-state index in [1.54, 1.807) is 24.9 Å². The normalized spacial score (nSPS) is 18.2. The van der Waals surface area contributed by atoms with Gasteiger partial charge in [-0.15, -0.1) is 0 Å². The monoisotopic (exact) mass is 408 g/mol. The summed E-state index contributed by atoms with van der Waals surface area (Å²) in [5.74, 6) is 0.921. The summed E-state index contributed by atoms with van der Waals surface area (Å²) in [6.07, 6.45) is 1.78. The van der Waals surface area contributed by atoms with Crippen LogP contribution in [-0.2, 0) is 16.6 Å². The lowest BCUT2D eigenvalue weighted by Crippen LogP contribution is -2.39. The number of nitrogens with zero attached hydrogens (tertiary/aromatic N) is 4. The molecule has 1 aromatic carbocycles. The first-order chi connectivity index (χ1) is 13.2. The molecular weight excluding hydrogens is 384 g/mol. The van der Waals surface area contributed by atoms with Gasteiger partial charge in [0.15, 0.2) is 0 Å². The van der Waals surface area contributed by atoms with Crippen LogP contribution < -0.4 is 4.90 Å². The summed E-state index contributed by atoms with van der Waals surface area (Å²) < 4.78 is 32.3. The average molecular weight is 408 g/mol. The van der Waals surface area contributed by atoms with Gasteiger partial charge in [-0.3, -0.25) is 10.1 Å². The van der Waals surface area contributed by atoms with Gasteiger partial charge in [-0.25, -0.2) is 8.42 Å². The van der Waals surface area contributed by atoms with Gasteiger partial charge in [-0.05, 0) is 37.8 Å². The molecule has 1 unspecified atom stereocenters. The van der Waals surface area contributed by atoms with E-state index in [-0.39, 0.29) is 16.5 Å². The molecule has 0 spiro atoms. The molecule has 1 saturated heterocycles. The molecule has 3 rings (SSSR count). The Labute approximate surface area is 164 Å². The van der Waals surface area contributed by atoms with Gasteiger partial charge in [-0.1, -0.05) is 12.1 Å². The predicted octanol–water partition coefficient (Wildman–Crippen LogP) is 2.95. The van der Waals surface area contributed by atoms with Crippen LogP contribution >= 0.6 is 0 Å². The number of aromatic nitrogens is 1. The van der Waals surface area contributed by atoms with Gasteiger partial charge in [-0.2, -0.15) is 4.31 Å². The van der Waals surface area contributed by atoms with Crippen molar-refractivity contribution in [1.29, 1.82) is 0 Å². The molecule has 10 heteroatoms. The van der Waals surface area contributed by atoms with E-state index in [0.29, 0.717) is 36.8 Å². The van der Waals surface area contributed by atoms with E-state index in [9.17, 15) is 18.5 Å². The van der Waals surface area contributed by atoms with Crippen molar-refractivity contribution in [3.8, 4) is 0 Å². The summed E-state index contributed by atoms with van der Waals surface area (Å²) in [6.45, 7) is 4.94. The van der Waals surface area contributed by atoms with E-state index in [0.717, 1.165) is 18.9 Å². The van der Waals surface area contributed by atoms with E-state index < -0.39 is 14.9 Å². The molecule has 0 radical (unpaired) electrons. The molecule has 152 valence electrons. The summed E-state index contributed by atoms with van der Waals surface area (Å²) in [6, 6.07) is 5.81. The highest BCUT2D eigenvalue weighted by atomic mass is 32.2. The molecule has 1 aromatic heterocycles. The molecule has 9 nitrogen and oxygen atoms in total. The molecule has 0 bridgehead atoms. The van der Waals surface area contributed by atoms with Gasteiger partial charge in [0.05, 0.1) is 16.4 Å². The molecular formula is C18H24N4O5S. The van der Waals surface area contributed by atoms with E-state index in [1.807, 2.05) is 6.92 Å². The fraction of sp³-hybridized carbons (Fsp3) is 0.500. The minimum atomic E-state index is -3.77. The fourth-order valence-electron chi connectivity index (χ4n) is 3.47. The summed E-state index contributed by atoms with van der Waals surface area (Å²) in [4.78, 5) is 12.7. The van der Waals surface area contributed by atoms with Crippen LogP contribution in [0, 0.1) is 23.0 Å². The minimum absolute atomic E-state index is 0.0530. The number of rotatable bonds is 6. The Kier molecular flexibility index (Phi) is 5.71. The quantitative estimate of drug-likeness (QED) is 0.534. The second-order valence-electron chi connectivity index (χ2n) is 7.30. The zero-order valence-electron chi connectivity index (χ0n) is 16.2. The standard InChI is InChI=1S/C18H24N4O5S/c1-13-5-4-8-21(11-13)28(25,26)16-6-7-17(18(10-16)22(23)24)20(3)12-15-9-14(2)27-19-15/h6-7,9-10,13H,4-5,8,11-12H2,1-3H3. The van der Waals surface area contributed by atoms with Gasteiger partial charge in [0.2, 0.25) is 10.0 Å². The van der Waals surface area contributed by atoms with E-state index in [4.69, 9.17) is 4.52 Å². The second-order valence-corrected chi connectivity index (χ2v) is 9.24. The Morgan fingerprint density at radius 1 is 1.39 bits per heavy atom. The first-order valence-electron chi connectivity index (χ1n) is 9.10. The number of sulfonamides is 1. The number of hydrogen-bond donors (Lipinski definition) is 0. The van der Waals surface area contributed by atoms with E-state index in [1.165, 1.54) is 16.4 Å². The third-order valence-electron chi connectivity index (χ3n) is 4.89. The van der Waals surface area contributed by atoms with Gasteiger partial charge in [0.25, 0.3) is 5.69 Å². The number of nitro groups is 1. The summed E-state index contributed by atoms with van der Waals surface area (Å²) in [5.41, 5.74) is 0.693. The van der Waals surface area contributed by atoms with Gasteiger partial charge in [0, 0.05) is 32.3 Å². The first kappa shape index (κ1) is 20.3. The molecule has 28 heavy (non-hydrogen) atoms. The Morgan fingerprint density at radius 2 is 2.14 bits per heavy atom. The SMILES string of the molecule is Cc1cc(CN(C)c2ccc(S(=O)(=O)N3CCCC(C)C3)cc2[N+](=O)[O-])no1. The molecule has 1 atom stereocenters. The summed E-state index contributed by atoms with van der Waals surface area (Å²) >= 11 is 0. The van der Waals surface area contributed by atoms with Gasteiger partial charge in [0.1, 0.15) is 17.1 Å². The lowest BCUT2D eigenvalue weighted by Gasteiger charge is -2.30. The maximum atomic E-state index is 12.9. The van der Waals surface area contributed by atoms with Crippen molar-refractivity contribution in [2.24, 2.45) is 5.92 Å². The number of anilines is 1. The lowest BCUT2D eigenvalue weighted by atomic mass is 10.0. The smallest absolute Gasteiger partial charge is 0.293 e. The third kappa shape index (κ3) is 4.17. The van der Waals surface area contributed by atoms with Crippen molar-refractivity contribution in [2.75, 3.05) is 25.0 Å². The zero-order valence-corrected chi connectivity index (χ0v) is 17.0. The fourth-order valence-corrected chi connectivity index (χ4v) is 5.09. The third-order valence-corrected chi connectivity index (χ3v) is 6.75. The first-order valence-corrected chi connectivity index (χ1v) is 10.5. The zero-order chi connectivity index (χ0) is 20.5. The molecule has 1 aliphatic heterocycles.